The second kappa shape index (κ2) is 3.03. The van der Waals surface area contributed by atoms with Gasteiger partial charge in [0.05, 0.1) is 8.66 Å². The number of halogens is 1. The van der Waals surface area contributed by atoms with Crippen molar-refractivity contribution in [1.82, 2.24) is 0 Å². The quantitative estimate of drug-likeness (QED) is 0.327. The molecule has 0 aromatic carbocycles. The zero-order valence-electron chi connectivity index (χ0n) is 4.91. The third kappa shape index (κ3) is 1.48. The predicted molar refractivity (Wildman–Crippen MR) is 44.5 cm³/mol. The van der Waals surface area contributed by atoms with Crippen molar-refractivity contribution >= 4 is 33.1 Å². The van der Waals surface area contributed by atoms with Gasteiger partial charge < -0.3 is 10.9 Å². The van der Waals surface area contributed by atoms with Gasteiger partial charge in [0.15, 0.2) is 5.84 Å². The van der Waals surface area contributed by atoms with Crippen molar-refractivity contribution in [2.24, 2.45) is 10.9 Å². The Kier molecular flexibility index (Phi) is 2.29. The van der Waals surface area contributed by atoms with Crippen LogP contribution in [0.5, 0.6) is 0 Å². The van der Waals surface area contributed by atoms with Gasteiger partial charge in [-0.25, -0.2) is 0 Å². The van der Waals surface area contributed by atoms with Crippen LogP contribution in [0.25, 0.3) is 0 Å². The van der Waals surface area contributed by atoms with E-state index in [0.717, 1.165) is 8.66 Å². The van der Waals surface area contributed by atoms with Crippen molar-refractivity contribution < 1.29 is 5.21 Å². The summed E-state index contributed by atoms with van der Waals surface area (Å²) in [5.41, 5.74) is 5.30. The average Bonchev–Trinajstić information content (AvgIpc) is 2.34. The van der Waals surface area contributed by atoms with Gasteiger partial charge in [-0.1, -0.05) is 5.16 Å². The first-order chi connectivity index (χ1) is 4.74. The van der Waals surface area contributed by atoms with Crippen LogP contribution >= 0.6 is 27.3 Å². The molecule has 0 unspecified atom stereocenters. The number of hydrogen-bond acceptors (Lipinski definition) is 3. The fourth-order valence-corrected chi connectivity index (χ4v) is 1.78. The summed E-state index contributed by atoms with van der Waals surface area (Å²) in [4.78, 5) is 0.759. The highest BCUT2D eigenvalue weighted by Crippen LogP contribution is 2.21. The Balaban J connectivity index is 2.95. The molecular weight excluding hydrogens is 216 g/mol. The van der Waals surface area contributed by atoms with E-state index in [4.69, 9.17) is 10.9 Å². The molecule has 54 valence electrons. The van der Waals surface area contributed by atoms with E-state index < -0.39 is 0 Å². The van der Waals surface area contributed by atoms with E-state index in [1.165, 1.54) is 11.3 Å². The van der Waals surface area contributed by atoms with Crippen LogP contribution in [-0.4, -0.2) is 11.0 Å². The molecule has 0 radical (unpaired) electrons. The van der Waals surface area contributed by atoms with Crippen LogP contribution in [0, 0.1) is 0 Å². The van der Waals surface area contributed by atoms with Gasteiger partial charge in [-0.3, -0.25) is 0 Å². The van der Waals surface area contributed by atoms with Crippen LogP contribution in [0.15, 0.2) is 21.1 Å². The molecule has 0 spiro atoms. The van der Waals surface area contributed by atoms with Gasteiger partial charge in [0.25, 0.3) is 0 Å². The molecule has 0 saturated carbocycles. The van der Waals surface area contributed by atoms with Crippen LogP contribution in [0.1, 0.15) is 4.88 Å². The molecule has 0 aliphatic rings. The highest BCUT2D eigenvalue weighted by molar-refractivity contribution is 9.11. The van der Waals surface area contributed by atoms with E-state index in [0.29, 0.717) is 0 Å². The van der Waals surface area contributed by atoms with Crippen molar-refractivity contribution in [3.05, 3.63) is 20.8 Å². The van der Waals surface area contributed by atoms with Gasteiger partial charge in [0.2, 0.25) is 0 Å². The average molecular weight is 221 g/mol. The Morgan fingerprint density at radius 3 is 2.80 bits per heavy atom. The zero-order chi connectivity index (χ0) is 7.56. The molecule has 1 rings (SSSR count). The fraction of sp³-hybridized carbons (Fsp3) is 0. The monoisotopic (exact) mass is 220 g/mol. The first-order valence-electron chi connectivity index (χ1n) is 2.47. The van der Waals surface area contributed by atoms with E-state index in [1.54, 1.807) is 6.07 Å². The number of nitrogens with zero attached hydrogens (tertiary/aromatic N) is 1. The van der Waals surface area contributed by atoms with Crippen molar-refractivity contribution in [3.8, 4) is 0 Å². The van der Waals surface area contributed by atoms with Crippen LogP contribution in [0.2, 0.25) is 0 Å². The molecule has 0 saturated heterocycles. The number of rotatable bonds is 1. The maximum atomic E-state index is 8.25. The Bertz CT molecular complexity index is 258. The molecule has 0 atom stereocenters. The molecule has 0 aliphatic carbocycles. The topological polar surface area (TPSA) is 58.6 Å². The first kappa shape index (κ1) is 7.56. The van der Waals surface area contributed by atoms with Gasteiger partial charge in [-0.2, -0.15) is 0 Å². The molecule has 0 aliphatic heterocycles. The molecule has 5 heteroatoms. The van der Waals surface area contributed by atoms with Gasteiger partial charge in [0, 0.05) is 0 Å². The second-order valence-electron chi connectivity index (χ2n) is 1.59. The third-order valence-corrected chi connectivity index (χ3v) is 2.58. The Labute approximate surface area is 70.3 Å². The number of amidine groups is 1. The zero-order valence-corrected chi connectivity index (χ0v) is 7.32. The summed E-state index contributed by atoms with van der Waals surface area (Å²) in [6.07, 6.45) is 0. The molecule has 0 bridgehead atoms. The van der Waals surface area contributed by atoms with E-state index in [2.05, 4.69) is 21.1 Å². The SMILES string of the molecule is N/C(=N/O)c1ccc(Br)s1. The van der Waals surface area contributed by atoms with Crippen molar-refractivity contribution in [2.45, 2.75) is 0 Å². The maximum Gasteiger partial charge on any atom is 0.180 e. The number of thiophene rings is 1. The summed E-state index contributed by atoms with van der Waals surface area (Å²) in [6.45, 7) is 0. The smallest absolute Gasteiger partial charge is 0.180 e. The minimum atomic E-state index is 0.149. The number of nitrogens with two attached hydrogens (primary N) is 1. The lowest BCUT2D eigenvalue weighted by atomic mass is 10.4. The Morgan fingerprint density at radius 1 is 1.70 bits per heavy atom. The van der Waals surface area contributed by atoms with Crippen LogP contribution in [-0.2, 0) is 0 Å². The van der Waals surface area contributed by atoms with E-state index >= 15 is 0 Å². The number of oxime groups is 1. The largest absolute Gasteiger partial charge is 0.409 e. The molecule has 3 N–H and O–H groups in total. The molecule has 3 nitrogen and oxygen atoms in total. The standard InChI is InChI=1S/C5H5BrN2OS/c6-4-2-1-3(10-4)5(7)8-9/h1-2,9H,(H2,7,8). The molecule has 0 fully saturated rings. The van der Waals surface area contributed by atoms with Crippen molar-refractivity contribution in [3.63, 3.8) is 0 Å². The summed E-state index contributed by atoms with van der Waals surface area (Å²) < 4.78 is 0.967. The van der Waals surface area contributed by atoms with E-state index in [9.17, 15) is 0 Å². The highest BCUT2D eigenvalue weighted by atomic mass is 79.9. The predicted octanol–water partition coefficient (Wildman–Crippen LogP) is 1.61. The summed E-state index contributed by atoms with van der Waals surface area (Å²) in [5, 5.41) is 11.1. The lowest BCUT2D eigenvalue weighted by molar-refractivity contribution is 0.319. The van der Waals surface area contributed by atoms with E-state index in [-0.39, 0.29) is 5.84 Å². The Hall–Kier alpha value is -0.550. The summed E-state index contributed by atoms with van der Waals surface area (Å²) in [6, 6.07) is 3.63. The lowest BCUT2D eigenvalue weighted by Gasteiger charge is -1.88. The van der Waals surface area contributed by atoms with Crippen LogP contribution < -0.4 is 5.73 Å². The van der Waals surface area contributed by atoms with Gasteiger partial charge in [0.1, 0.15) is 0 Å². The van der Waals surface area contributed by atoms with Crippen molar-refractivity contribution in [1.29, 1.82) is 0 Å². The van der Waals surface area contributed by atoms with Gasteiger partial charge >= 0.3 is 0 Å². The Morgan fingerprint density at radius 2 is 2.40 bits per heavy atom. The van der Waals surface area contributed by atoms with Crippen LogP contribution in [0.3, 0.4) is 0 Å². The highest BCUT2D eigenvalue weighted by Gasteiger charge is 2.00. The molecular formula is C5H5BrN2OS. The molecule has 10 heavy (non-hydrogen) atoms. The molecule has 1 aromatic heterocycles. The summed E-state index contributed by atoms with van der Waals surface area (Å²) in [5.74, 6) is 0.149. The minimum Gasteiger partial charge on any atom is -0.409 e. The van der Waals surface area contributed by atoms with Crippen molar-refractivity contribution in [2.75, 3.05) is 0 Å². The van der Waals surface area contributed by atoms with Gasteiger partial charge in [-0.05, 0) is 28.1 Å². The fourth-order valence-electron chi connectivity index (χ4n) is 0.501. The third-order valence-electron chi connectivity index (χ3n) is 0.933. The lowest BCUT2D eigenvalue weighted by Crippen LogP contribution is -2.10. The van der Waals surface area contributed by atoms with Crippen LogP contribution in [0.4, 0.5) is 0 Å². The molecule has 0 amide bonds. The minimum absolute atomic E-state index is 0.149. The van der Waals surface area contributed by atoms with Gasteiger partial charge in [-0.15, -0.1) is 11.3 Å². The molecule has 1 heterocycles. The molecule has 1 aromatic rings. The van der Waals surface area contributed by atoms with E-state index in [1.807, 2.05) is 6.07 Å². The number of hydrogen-bond donors (Lipinski definition) is 2. The summed E-state index contributed by atoms with van der Waals surface area (Å²) in [7, 11) is 0. The summed E-state index contributed by atoms with van der Waals surface area (Å²) >= 11 is 4.68. The first-order valence-corrected chi connectivity index (χ1v) is 4.08. The second-order valence-corrected chi connectivity index (χ2v) is 4.05. The maximum absolute atomic E-state index is 8.25. The normalized spacial score (nSPS) is 11.9.